The summed E-state index contributed by atoms with van der Waals surface area (Å²) in [6, 6.07) is 5.20. The Labute approximate surface area is 176 Å². The number of hydrogen-bond acceptors (Lipinski definition) is 7. The van der Waals surface area contributed by atoms with Crippen LogP contribution in [0.25, 0.3) is 0 Å². The van der Waals surface area contributed by atoms with Crippen LogP contribution in [-0.4, -0.2) is 37.1 Å². The van der Waals surface area contributed by atoms with Gasteiger partial charge in [-0.2, -0.15) is 8.78 Å². The Bertz CT molecular complexity index is 1000. The number of carbonyl (C=O) groups is 2. The monoisotopic (exact) mass is 438 g/mol. The highest BCUT2D eigenvalue weighted by atomic mass is 19.3. The van der Waals surface area contributed by atoms with Crippen molar-refractivity contribution < 1.29 is 37.5 Å². The Morgan fingerprint density at radius 3 is 2.23 bits per heavy atom. The van der Waals surface area contributed by atoms with E-state index in [1.54, 1.807) is 13.8 Å². The van der Waals surface area contributed by atoms with Gasteiger partial charge in [-0.25, -0.2) is 4.79 Å². The molecule has 0 spiro atoms. The van der Waals surface area contributed by atoms with E-state index in [1.165, 1.54) is 0 Å². The molecule has 0 fully saturated rings. The molecule has 0 heterocycles. The molecule has 0 unspecified atom stereocenters. The topological polar surface area (TPSA) is 117 Å². The number of nitro groups is 1. The zero-order chi connectivity index (χ0) is 23.3. The standard InChI is InChI=1S/C20H20F2N2O7/c1-10-5-11(2)18(12(3)6-10)23-17(25)9-30-19(26)13-7-15(29-4)16(31-20(21)22)8-14(13)24(27)28/h5-8,20H,9H2,1-4H3,(H,23,25). The number of esters is 1. The van der Waals surface area contributed by atoms with Crippen molar-refractivity contribution in [2.24, 2.45) is 0 Å². The van der Waals surface area contributed by atoms with E-state index >= 15 is 0 Å². The molecule has 0 radical (unpaired) electrons. The summed E-state index contributed by atoms with van der Waals surface area (Å²) in [5, 5.41) is 13.9. The van der Waals surface area contributed by atoms with Gasteiger partial charge in [-0.1, -0.05) is 17.7 Å². The van der Waals surface area contributed by atoms with E-state index in [0.717, 1.165) is 29.9 Å². The Kier molecular flexibility index (Phi) is 7.46. The molecule has 0 aromatic heterocycles. The maximum Gasteiger partial charge on any atom is 0.387 e. The maximum absolute atomic E-state index is 12.5. The number of anilines is 1. The Hall–Kier alpha value is -3.76. The molecule has 31 heavy (non-hydrogen) atoms. The molecule has 0 bridgehead atoms. The Balaban J connectivity index is 2.19. The molecule has 11 heteroatoms. The number of benzene rings is 2. The molecule has 2 aromatic carbocycles. The SMILES string of the molecule is COc1cc(C(=O)OCC(=O)Nc2c(C)cc(C)cc2C)c([N+](=O)[O-])cc1OC(F)F. The van der Waals surface area contributed by atoms with Crippen LogP contribution in [-0.2, 0) is 9.53 Å². The van der Waals surface area contributed by atoms with Crippen molar-refractivity contribution in [3.8, 4) is 11.5 Å². The minimum Gasteiger partial charge on any atom is -0.493 e. The number of halogens is 2. The van der Waals surface area contributed by atoms with Crippen LogP contribution in [0.5, 0.6) is 11.5 Å². The fourth-order valence-electron chi connectivity index (χ4n) is 2.97. The lowest BCUT2D eigenvalue weighted by atomic mass is 10.1. The van der Waals surface area contributed by atoms with Crippen LogP contribution in [0.15, 0.2) is 24.3 Å². The molecular formula is C20H20F2N2O7. The molecule has 2 aromatic rings. The minimum atomic E-state index is -3.26. The Morgan fingerprint density at radius 1 is 1.10 bits per heavy atom. The summed E-state index contributed by atoms with van der Waals surface area (Å²) in [4.78, 5) is 34.9. The molecule has 0 saturated carbocycles. The number of aryl methyl sites for hydroxylation is 3. The van der Waals surface area contributed by atoms with Crippen LogP contribution in [0.2, 0.25) is 0 Å². The molecule has 166 valence electrons. The lowest BCUT2D eigenvalue weighted by molar-refractivity contribution is -0.385. The van der Waals surface area contributed by atoms with Crippen LogP contribution in [0.3, 0.4) is 0 Å². The number of methoxy groups -OCH3 is 1. The summed E-state index contributed by atoms with van der Waals surface area (Å²) in [6.45, 7) is 1.54. The second-order valence-electron chi connectivity index (χ2n) is 6.55. The summed E-state index contributed by atoms with van der Waals surface area (Å²) in [5.41, 5.74) is 1.78. The molecule has 1 amide bonds. The average Bonchev–Trinajstić information content (AvgIpc) is 2.68. The average molecular weight is 438 g/mol. The lowest BCUT2D eigenvalue weighted by Gasteiger charge is -2.14. The number of nitrogens with zero attached hydrogens (tertiary/aromatic N) is 1. The zero-order valence-electron chi connectivity index (χ0n) is 17.2. The van der Waals surface area contributed by atoms with Crippen LogP contribution >= 0.6 is 0 Å². The minimum absolute atomic E-state index is 0.340. The first-order valence-electron chi connectivity index (χ1n) is 8.89. The summed E-state index contributed by atoms with van der Waals surface area (Å²) >= 11 is 0. The fourth-order valence-corrected chi connectivity index (χ4v) is 2.97. The van der Waals surface area contributed by atoms with Crippen LogP contribution in [0, 0.1) is 30.9 Å². The number of hydrogen-bond donors (Lipinski definition) is 1. The van der Waals surface area contributed by atoms with Gasteiger partial charge in [-0.3, -0.25) is 14.9 Å². The summed E-state index contributed by atoms with van der Waals surface area (Å²) in [6.07, 6.45) is 0. The van der Waals surface area contributed by atoms with Crippen LogP contribution in [0.4, 0.5) is 20.2 Å². The van der Waals surface area contributed by atoms with E-state index in [4.69, 9.17) is 9.47 Å². The van der Waals surface area contributed by atoms with Crippen molar-refractivity contribution >= 4 is 23.3 Å². The van der Waals surface area contributed by atoms with E-state index in [0.29, 0.717) is 11.8 Å². The number of ether oxygens (including phenoxy) is 3. The van der Waals surface area contributed by atoms with Gasteiger partial charge in [0.05, 0.1) is 18.1 Å². The molecular weight excluding hydrogens is 418 g/mol. The van der Waals surface area contributed by atoms with Gasteiger partial charge in [0.2, 0.25) is 0 Å². The quantitative estimate of drug-likeness (QED) is 0.377. The summed E-state index contributed by atoms with van der Waals surface area (Å²) in [5.74, 6) is -2.83. The predicted octanol–water partition coefficient (Wildman–Crippen LogP) is 3.93. The molecule has 0 saturated heterocycles. The van der Waals surface area contributed by atoms with Crippen molar-refractivity contribution in [1.82, 2.24) is 0 Å². The van der Waals surface area contributed by atoms with Gasteiger partial charge >= 0.3 is 12.6 Å². The molecule has 0 atom stereocenters. The molecule has 2 rings (SSSR count). The van der Waals surface area contributed by atoms with Gasteiger partial charge in [0.25, 0.3) is 11.6 Å². The molecule has 0 aliphatic carbocycles. The highest BCUT2D eigenvalue weighted by Crippen LogP contribution is 2.36. The van der Waals surface area contributed by atoms with E-state index in [-0.39, 0.29) is 5.75 Å². The van der Waals surface area contributed by atoms with Gasteiger partial charge < -0.3 is 19.5 Å². The third-order valence-electron chi connectivity index (χ3n) is 4.19. The predicted molar refractivity (Wildman–Crippen MR) is 106 cm³/mol. The first-order chi connectivity index (χ1) is 14.5. The van der Waals surface area contributed by atoms with Gasteiger partial charge in [-0.05, 0) is 31.9 Å². The maximum atomic E-state index is 12.5. The lowest BCUT2D eigenvalue weighted by Crippen LogP contribution is -2.22. The second-order valence-corrected chi connectivity index (χ2v) is 6.55. The van der Waals surface area contributed by atoms with E-state index in [9.17, 15) is 28.5 Å². The summed E-state index contributed by atoms with van der Waals surface area (Å²) < 4.78 is 38.9. The van der Waals surface area contributed by atoms with Crippen molar-refractivity contribution in [3.05, 3.63) is 56.6 Å². The first kappa shape index (κ1) is 23.5. The van der Waals surface area contributed by atoms with Gasteiger partial charge in [0.15, 0.2) is 18.1 Å². The van der Waals surface area contributed by atoms with Crippen molar-refractivity contribution in [2.75, 3.05) is 19.0 Å². The molecule has 9 nitrogen and oxygen atoms in total. The fraction of sp³-hybridized carbons (Fsp3) is 0.300. The number of nitro benzene ring substituents is 1. The van der Waals surface area contributed by atoms with Gasteiger partial charge in [0, 0.05) is 11.8 Å². The summed E-state index contributed by atoms with van der Waals surface area (Å²) in [7, 11) is 1.11. The number of rotatable bonds is 8. The van der Waals surface area contributed by atoms with Gasteiger partial charge in [-0.15, -0.1) is 0 Å². The second kappa shape index (κ2) is 9.83. The largest absolute Gasteiger partial charge is 0.493 e. The Morgan fingerprint density at radius 2 is 1.71 bits per heavy atom. The molecule has 1 N–H and O–H groups in total. The number of amides is 1. The smallest absolute Gasteiger partial charge is 0.387 e. The highest BCUT2D eigenvalue weighted by molar-refractivity contribution is 5.98. The van der Waals surface area contributed by atoms with Crippen LogP contribution < -0.4 is 14.8 Å². The highest BCUT2D eigenvalue weighted by Gasteiger charge is 2.27. The number of nitrogens with one attached hydrogen (secondary N) is 1. The number of carbonyl (C=O) groups excluding carboxylic acids is 2. The zero-order valence-corrected chi connectivity index (χ0v) is 17.2. The van der Waals surface area contributed by atoms with Gasteiger partial charge in [0.1, 0.15) is 5.56 Å². The normalized spacial score (nSPS) is 10.5. The first-order valence-corrected chi connectivity index (χ1v) is 8.89. The van der Waals surface area contributed by atoms with E-state index in [2.05, 4.69) is 10.1 Å². The van der Waals surface area contributed by atoms with E-state index in [1.807, 2.05) is 19.1 Å². The third kappa shape index (κ3) is 5.87. The van der Waals surface area contributed by atoms with Crippen LogP contribution in [0.1, 0.15) is 27.0 Å². The number of alkyl halides is 2. The molecule has 0 aliphatic heterocycles. The van der Waals surface area contributed by atoms with Crippen molar-refractivity contribution in [1.29, 1.82) is 0 Å². The third-order valence-corrected chi connectivity index (χ3v) is 4.19. The van der Waals surface area contributed by atoms with Crippen molar-refractivity contribution in [2.45, 2.75) is 27.4 Å². The molecule has 0 aliphatic rings. The van der Waals surface area contributed by atoms with E-state index < -0.39 is 47.0 Å². The van der Waals surface area contributed by atoms with Crippen molar-refractivity contribution in [3.63, 3.8) is 0 Å².